The molecule has 0 spiro atoms. The summed E-state index contributed by atoms with van der Waals surface area (Å²) in [5, 5.41) is 0. The second-order valence-corrected chi connectivity index (χ2v) is 24.0. The Kier molecular flexibility index (Phi) is 36.6. The molecule has 0 aliphatic rings. The van der Waals surface area contributed by atoms with Crippen LogP contribution in [0.15, 0.2) is 65.0 Å². The Balaban J connectivity index is 2.80. The number of rotatable bonds is 51. The van der Waals surface area contributed by atoms with Gasteiger partial charge in [-0.15, -0.1) is 0 Å². The number of hydrogen-bond acceptors (Lipinski definition) is 18. The molecule has 1 aromatic rings. The number of ether oxygens (including phenoxy) is 7. The summed E-state index contributed by atoms with van der Waals surface area (Å²) in [5.74, 6) is -20.9. The van der Waals surface area contributed by atoms with Crippen LogP contribution in [0.2, 0.25) is 0 Å². The van der Waals surface area contributed by atoms with Gasteiger partial charge in [-0.2, -0.15) is 67.4 Å². The van der Waals surface area contributed by atoms with E-state index < -0.39 is 125 Å². The number of nitrogens with zero attached hydrogens (tertiary/aromatic N) is 3. The molecule has 1 rings (SSSR count). The van der Waals surface area contributed by atoms with Crippen molar-refractivity contribution in [2.75, 3.05) is 62.7 Å². The summed E-state index contributed by atoms with van der Waals surface area (Å²) in [5.41, 5.74) is -7.18. The Bertz CT molecular complexity index is 2460. The van der Waals surface area contributed by atoms with Gasteiger partial charge in [-0.1, -0.05) is 104 Å². The summed E-state index contributed by atoms with van der Waals surface area (Å²) in [6.45, 7) is 11.0. The van der Waals surface area contributed by atoms with Gasteiger partial charge in [0.05, 0.1) is 26.1 Å². The molecule has 0 bridgehead atoms. The number of thioether (sulfide) groups is 2. The standard InChI is InChI=1S/C58H83F10N3O16S2/c1-8-43(72)83-39-52(5,40-84-44(73)9-2)36-47(76)81-30-22-18-14-12-16-20-24-32-88-34-26-28-69-49(78)70(51(80)71(50(69)79)38-55(61,62)57(65,66)87-58(67,68)56(63,64)54(7,59)60)29-27-35-89-33-25-21-17-13-15-19-23-31-82-48(77)37-53(6,41-85-45(74)10-3)42-86-46(75)11-4/h8-11H,1-4,12-42H2,5-7H3. The minimum atomic E-state index is -6.90. The molecule has 31 heteroatoms. The second-order valence-electron chi connectivity index (χ2n) is 21.6. The molecular weight excluding hydrogens is 1250 g/mol. The fourth-order valence-electron chi connectivity index (χ4n) is 7.96. The first-order valence-corrected chi connectivity index (χ1v) is 31.1. The summed E-state index contributed by atoms with van der Waals surface area (Å²) in [4.78, 5) is 112. The summed E-state index contributed by atoms with van der Waals surface area (Å²) in [6, 6.07) is 0. The topological polar surface area (TPSA) is 233 Å². The van der Waals surface area contributed by atoms with Gasteiger partial charge in [-0.3, -0.25) is 9.59 Å². The van der Waals surface area contributed by atoms with Crippen molar-refractivity contribution >= 4 is 59.3 Å². The molecular formula is C58H83F10N3O16S2. The third-order valence-corrected chi connectivity index (χ3v) is 15.4. The fourth-order valence-corrected chi connectivity index (χ4v) is 9.85. The van der Waals surface area contributed by atoms with Crippen molar-refractivity contribution < 1.29 is 106 Å². The summed E-state index contributed by atoms with van der Waals surface area (Å²) >= 11 is 2.77. The summed E-state index contributed by atoms with van der Waals surface area (Å²) in [7, 11) is 0. The summed E-state index contributed by atoms with van der Waals surface area (Å²) in [6.07, 6.45) is 0.526. The van der Waals surface area contributed by atoms with E-state index in [1.54, 1.807) is 13.8 Å². The first-order valence-electron chi connectivity index (χ1n) is 28.8. The van der Waals surface area contributed by atoms with E-state index in [-0.39, 0.29) is 76.8 Å². The number of carbonyl (C=O) groups excluding carboxylic acids is 6. The molecule has 0 aliphatic carbocycles. The highest BCUT2D eigenvalue weighted by molar-refractivity contribution is 7.99. The molecule has 0 N–H and O–H groups in total. The van der Waals surface area contributed by atoms with Crippen LogP contribution in [0.3, 0.4) is 0 Å². The zero-order valence-corrected chi connectivity index (χ0v) is 52.2. The van der Waals surface area contributed by atoms with Crippen LogP contribution in [0, 0.1) is 10.8 Å². The van der Waals surface area contributed by atoms with Gasteiger partial charge < -0.3 is 28.4 Å². The fraction of sp³-hybridized carbons (Fsp3) is 0.707. The number of halogens is 10. The van der Waals surface area contributed by atoms with Crippen LogP contribution in [0.25, 0.3) is 0 Å². The van der Waals surface area contributed by atoms with Crippen molar-refractivity contribution in [2.24, 2.45) is 10.8 Å². The van der Waals surface area contributed by atoms with Crippen LogP contribution in [-0.4, -0.2) is 142 Å². The lowest BCUT2D eigenvalue weighted by Gasteiger charge is -2.34. The monoisotopic (exact) mass is 1330 g/mol. The second kappa shape index (κ2) is 40.1. The molecule has 0 aromatic carbocycles. The van der Waals surface area contributed by atoms with Gasteiger partial charge in [-0.05, 0) is 61.5 Å². The van der Waals surface area contributed by atoms with Crippen molar-refractivity contribution in [1.82, 2.24) is 13.7 Å². The quantitative estimate of drug-likeness (QED) is 0.0194. The van der Waals surface area contributed by atoms with E-state index in [2.05, 4.69) is 31.1 Å². The SMILES string of the molecule is C=CC(=O)OCC(C)(COC(=O)C=C)CC(=O)OCCCCCCCCCSCCCn1c(=O)n(CCCSCCCCCCCCCOC(=O)CC(C)(COC(=O)C=C)COC(=O)C=C)c(=O)n(CC(F)(F)C(F)(F)OC(F)(F)C(F)(F)C(C)(F)F)c1=O. The zero-order valence-electron chi connectivity index (χ0n) is 50.5. The highest BCUT2D eigenvalue weighted by Crippen LogP contribution is 2.50. The lowest BCUT2D eigenvalue weighted by atomic mass is 9.88. The molecule has 89 heavy (non-hydrogen) atoms. The molecule has 0 atom stereocenters. The van der Waals surface area contributed by atoms with E-state index in [1.165, 1.54) is 23.5 Å². The maximum Gasteiger partial charge on any atom is 0.430 e. The van der Waals surface area contributed by atoms with E-state index in [1.807, 2.05) is 0 Å². The van der Waals surface area contributed by atoms with E-state index in [0.29, 0.717) is 33.5 Å². The van der Waals surface area contributed by atoms with Gasteiger partial charge in [0, 0.05) is 55.1 Å². The summed E-state index contributed by atoms with van der Waals surface area (Å²) < 4.78 is 175. The average molecular weight is 1330 g/mol. The minimum absolute atomic E-state index is 0.00117. The average Bonchev–Trinajstić information content (AvgIpc) is 1.86. The van der Waals surface area contributed by atoms with Gasteiger partial charge in [0.1, 0.15) is 33.0 Å². The molecule has 0 radical (unpaired) electrons. The minimum Gasteiger partial charge on any atom is -0.466 e. The molecule has 0 amide bonds. The van der Waals surface area contributed by atoms with E-state index in [0.717, 1.165) is 101 Å². The van der Waals surface area contributed by atoms with Gasteiger partial charge in [0.25, 0.3) is 0 Å². The third-order valence-electron chi connectivity index (χ3n) is 13.1. The Morgan fingerprint density at radius 2 is 0.708 bits per heavy atom. The predicted molar refractivity (Wildman–Crippen MR) is 311 cm³/mol. The van der Waals surface area contributed by atoms with Crippen molar-refractivity contribution in [1.29, 1.82) is 0 Å². The van der Waals surface area contributed by atoms with Gasteiger partial charge >= 0.3 is 82.9 Å². The molecule has 508 valence electrons. The Hall–Kier alpha value is -5.85. The number of aromatic nitrogens is 3. The largest absolute Gasteiger partial charge is 0.466 e. The Labute approximate surface area is 518 Å². The Morgan fingerprint density at radius 3 is 1.02 bits per heavy atom. The number of carbonyl (C=O) groups is 6. The van der Waals surface area contributed by atoms with Crippen molar-refractivity contribution in [3.63, 3.8) is 0 Å². The number of unbranched alkanes of at least 4 members (excludes halogenated alkanes) is 12. The van der Waals surface area contributed by atoms with Crippen LogP contribution in [0.5, 0.6) is 0 Å². The molecule has 19 nitrogen and oxygen atoms in total. The van der Waals surface area contributed by atoms with E-state index in [4.69, 9.17) is 28.4 Å². The molecule has 1 heterocycles. The van der Waals surface area contributed by atoms with Crippen LogP contribution in [0.4, 0.5) is 43.9 Å². The smallest absolute Gasteiger partial charge is 0.430 e. The lowest BCUT2D eigenvalue weighted by molar-refractivity contribution is -0.485. The molecule has 0 saturated carbocycles. The first kappa shape index (κ1) is 81.2. The van der Waals surface area contributed by atoms with E-state index >= 15 is 8.78 Å². The highest BCUT2D eigenvalue weighted by Gasteiger charge is 2.75. The maximum absolute atomic E-state index is 15.2. The van der Waals surface area contributed by atoms with Crippen molar-refractivity contribution in [3.05, 3.63) is 82.1 Å². The molecule has 0 unspecified atom stereocenters. The highest BCUT2D eigenvalue weighted by atomic mass is 32.2. The Morgan fingerprint density at radius 1 is 0.416 bits per heavy atom. The van der Waals surface area contributed by atoms with Crippen molar-refractivity contribution in [2.45, 2.75) is 186 Å². The van der Waals surface area contributed by atoms with Crippen LogP contribution < -0.4 is 17.1 Å². The third kappa shape index (κ3) is 30.2. The predicted octanol–water partition coefficient (Wildman–Crippen LogP) is 10.8. The van der Waals surface area contributed by atoms with Gasteiger partial charge in [-0.25, -0.2) is 52.0 Å². The van der Waals surface area contributed by atoms with Crippen LogP contribution in [-0.2, 0) is 81.6 Å². The van der Waals surface area contributed by atoms with Gasteiger partial charge in [0.15, 0.2) is 0 Å². The van der Waals surface area contributed by atoms with Crippen molar-refractivity contribution in [3.8, 4) is 0 Å². The molecule has 0 fully saturated rings. The molecule has 0 saturated heterocycles. The number of alkyl halides is 10. The number of esters is 6. The number of hydrogen-bond donors (Lipinski definition) is 0. The lowest BCUT2D eigenvalue weighted by Crippen LogP contribution is -2.61. The molecule has 1 aromatic heterocycles. The zero-order chi connectivity index (χ0) is 67.5. The first-order chi connectivity index (χ1) is 41.6. The normalized spacial score (nSPS) is 12.4. The van der Waals surface area contributed by atoms with E-state index in [9.17, 15) is 78.3 Å². The van der Waals surface area contributed by atoms with Gasteiger partial charge in [0.2, 0.25) is 0 Å². The molecule has 0 aliphatic heterocycles. The van der Waals surface area contributed by atoms with Crippen LogP contribution >= 0.6 is 23.5 Å². The van der Waals surface area contributed by atoms with Crippen LogP contribution in [0.1, 0.15) is 136 Å². The maximum atomic E-state index is 15.2.